The third kappa shape index (κ3) is 6.30. The topological polar surface area (TPSA) is 113 Å². The molecule has 0 aromatic carbocycles. The summed E-state index contributed by atoms with van der Waals surface area (Å²) < 4.78 is 28.3. The quantitative estimate of drug-likeness (QED) is 0.622. The van der Waals surface area contributed by atoms with Crippen LogP contribution in [-0.4, -0.2) is 74.3 Å². The summed E-state index contributed by atoms with van der Waals surface area (Å²) in [6, 6.07) is -1.24. The molecule has 9 heteroatoms. The molecule has 21 heavy (non-hydrogen) atoms. The predicted molar refractivity (Wildman–Crippen MR) is 75.9 cm³/mol. The van der Waals surface area contributed by atoms with Crippen molar-refractivity contribution in [1.29, 1.82) is 0 Å². The molecule has 1 unspecified atom stereocenters. The number of nitrogens with zero attached hydrogens (tertiary/aromatic N) is 1. The van der Waals surface area contributed by atoms with E-state index in [9.17, 15) is 18.0 Å². The molecule has 0 spiro atoms. The van der Waals surface area contributed by atoms with Gasteiger partial charge in [0.15, 0.2) is 9.84 Å². The van der Waals surface area contributed by atoms with Crippen molar-refractivity contribution in [3.05, 3.63) is 0 Å². The summed E-state index contributed by atoms with van der Waals surface area (Å²) in [6.07, 6.45) is 0.279. The molecule has 0 bridgehead atoms. The van der Waals surface area contributed by atoms with E-state index in [1.54, 1.807) is 0 Å². The molecule has 1 aliphatic heterocycles. The van der Waals surface area contributed by atoms with E-state index < -0.39 is 27.9 Å². The van der Waals surface area contributed by atoms with Crippen molar-refractivity contribution in [3.8, 4) is 0 Å². The second-order valence-electron chi connectivity index (χ2n) is 4.84. The van der Waals surface area contributed by atoms with Crippen LogP contribution in [0.5, 0.6) is 0 Å². The number of rotatable bonds is 7. The van der Waals surface area contributed by atoms with Gasteiger partial charge in [-0.1, -0.05) is 0 Å². The number of aliphatic carboxylic acids is 1. The van der Waals surface area contributed by atoms with Crippen LogP contribution in [0, 0.1) is 0 Å². The molecule has 1 saturated heterocycles. The molecule has 8 nitrogen and oxygen atoms in total. The summed E-state index contributed by atoms with van der Waals surface area (Å²) >= 11 is 0. The Morgan fingerprint density at radius 1 is 1.43 bits per heavy atom. The van der Waals surface area contributed by atoms with Crippen LogP contribution in [0.15, 0.2) is 0 Å². The van der Waals surface area contributed by atoms with Gasteiger partial charge in [0.1, 0.15) is 0 Å². The summed E-state index contributed by atoms with van der Waals surface area (Å²) in [7, 11) is -3.28. The van der Waals surface area contributed by atoms with Gasteiger partial charge in [-0.3, -0.25) is 4.79 Å². The third-order valence-corrected chi connectivity index (χ3v) is 4.84. The molecule has 1 aliphatic rings. The Balaban J connectivity index is 2.52. The second kappa shape index (κ2) is 8.18. The van der Waals surface area contributed by atoms with Gasteiger partial charge >= 0.3 is 12.0 Å². The van der Waals surface area contributed by atoms with Crippen LogP contribution in [0.25, 0.3) is 0 Å². The highest BCUT2D eigenvalue weighted by molar-refractivity contribution is 7.91. The van der Waals surface area contributed by atoms with Gasteiger partial charge in [-0.25, -0.2) is 13.2 Å². The lowest BCUT2D eigenvalue weighted by Gasteiger charge is -2.34. The average Bonchev–Trinajstić information content (AvgIpc) is 2.36. The zero-order chi connectivity index (χ0) is 15.9. The molecule has 0 aliphatic carbocycles. The number of carbonyl (C=O) groups excluding carboxylic acids is 1. The molecule has 1 fully saturated rings. The molecular formula is C12H22N2O6S. The number of ether oxygens (including phenoxy) is 1. The zero-order valence-electron chi connectivity index (χ0n) is 12.1. The summed E-state index contributed by atoms with van der Waals surface area (Å²) in [4.78, 5) is 24.1. The molecule has 2 N–H and O–H groups in total. The van der Waals surface area contributed by atoms with Crippen molar-refractivity contribution >= 4 is 21.8 Å². The molecule has 1 heterocycles. The lowest BCUT2D eigenvalue weighted by Crippen LogP contribution is -2.55. The van der Waals surface area contributed by atoms with Gasteiger partial charge in [0, 0.05) is 26.3 Å². The first-order chi connectivity index (χ1) is 9.85. The van der Waals surface area contributed by atoms with Gasteiger partial charge in [0.05, 0.1) is 24.0 Å². The molecule has 0 aromatic heterocycles. The smallest absolute Gasteiger partial charge is 0.317 e. The first-order valence-corrected chi connectivity index (χ1v) is 8.72. The van der Waals surface area contributed by atoms with Crippen LogP contribution in [0.4, 0.5) is 4.79 Å². The van der Waals surface area contributed by atoms with Gasteiger partial charge in [-0.05, 0) is 13.3 Å². The number of amides is 2. The van der Waals surface area contributed by atoms with Crippen molar-refractivity contribution < 1.29 is 27.9 Å². The standard InChI is InChI=1S/C12H22N2O6S/c1-2-20-6-3-4-13-12(17)14-5-7-21(18,19)9-10(14)8-11(15)16/h10H,2-9H2,1H3,(H,13,17)(H,15,16). The molecular weight excluding hydrogens is 300 g/mol. The number of carboxylic acid groups (broad SMARTS) is 1. The van der Waals surface area contributed by atoms with E-state index in [4.69, 9.17) is 9.84 Å². The largest absolute Gasteiger partial charge is 0.481 e. The molecule has 0 aromatic rings. The molecule has 1 rings (SSSR count). The fraction of sp³-hybridized carbons (Fsp3) is 0.833. The van der Waals surface area contributed by atoms with Gasteiger partial charge in [-0.2, -0.15) is 0 Å². The van der Waals surface area contributed by atoms with Crippen molar-refractivity contribution in [3.63, 3.8) is 0 Å². The summed E-state index contributed by atoms with van der Waals surface area (Å²) in [5.74, 6) is -1.55. The highest BCUT2D eigenvalue weighted by atomic mass is 32.2. The number of sulfone groups is 1. The second-order valence-corrected chi connectivity index (χ2v) is 7.07. The minimum Gasteiger partial charge on any atom is -0.481 e. The van der Waals surface area contributed by atoms with Crippen LogP contribution in [0.2, 0.25) is 0 Å². The van der Waals surface area contributed by atoms with E-state index in [1.165, 1.54) is 4.90 Å². The molecule has 2 amide bonds. The number of hydrogen-bond donors (Lipinski definition) is 2. The first kappa shape index (κ1) is 17.7. The van der Waals surface area contributed by atoms with E-state index in [0.29, 0.717) is 26.2 Å². The van der Waals surface area contributed by atoms with Crippen molar-refractivity contribution in [2.45, 2.75) is 25.8 Å². The Hall–Kier alpha value is -1.35. The lowest BCUT2D eigenvalue weighted by molar-refractivity contribution is -0.138. The number of urea groups is 1. The number of carbonyl (C=O) groups is 2. The maximum Gasteiger partial charge on any atom is 0.317 e. The fourth-order valence-corrected chi connectivity index (χ4v) is 3.67. The van der Waals surface area contributed by atoms with Crippen LogP contribution < -0.4 is 5.32 Å². The van der Waals surface area contributed by atoms with E-state index >= 15 is 0 Å². The summed E-state index contributed by atoms with van der Waals surface area (Å²) in [5, 5.41) is 11.5. The van der Waals surface area contributed by atoms with Gasteiger partial charge < -0.3 is 20.1 Å². The van der Waals surface area contributed by atoms with Gasteiger partial charge in [-0.15, -0.1) is 0 Å². The Morgan fingerprint density at radius 2 is 2.14 bits per heavy atom. The van der Waals surface area contributed by atoms with Gasteiger partial charge in [0.25, 0.3) is 0 Å². The average molecular weight is 322 g/mol. The normalized spacial score (nSPS) is 21.0. The summed E-state index contributed by atoms with van der Waals surface area (Å²) in [5.41, 5.74) is 0. The Morgan fingerprint density at radius 3 is 2.76 bits per heavy atom. The lowest BCUT2D eigenvalue weighted by atomic mass is 10.2. The number of hydrogen-bond acceptors (Lipinski definition) is 5. The van der Waals surface area contributed by atoms with Crippen molar-refractivity contribution in [1.82, 2.24) is 10.2 Å². The zero-order valence-corrected chi connectivity index (χ0v) is 12.9. The highest BCUT2D eigenvalue weighted by Crippen LogP contribution is 2.15. The Labute approximate surface area is 124 Å². The number of nitrogens with one attached hydrogen (secondary N) is 1. The molecule has 0 radical (unpaired) electrons. The van der Waals surface area contributed by atoms with E-state index in [0.717, 1.165) is 0 Å². The minimum atomic E-state index is -3.28. The molecule has 1 atom stereocenters. The van der Waals surface area contributed by atoms with E-state index in [2.05, 4.69) is 5.32 Å². The van der Waals surface area contributed by atoms with E-state index in [1.807, 2.05) is 6.92 Å². The Bertz CT molecular complexity index is 464. The van der Waals surface area contributed by atoms with Crippen molar-refractivity contribution in [2.24, 2.45) is 0 Å². The fourth-order valence-electron chi connectivity index (χ4n) is 2.14. The van der Waals surface area contributed by atoms with Crippen LogP contribution in [-0.2, 0) is 19.4 Å². The van der Waals surface area contributed by atoms with Gasteiger partial charge in [0.2, 0.25) is 0 Å². The van der Waals surface area contributed by atoms with Crippen LogP contribution in [0.3, 0.4) is 0 Å². The van der Waals surface area contributed by atoms with Crippen LogP contribution >= 0.6 is 0 Å². The van der Waals surface area contributed by atoms with Crippen molar-refractivity contribution in [2.75, 3.05) is 37.8 Å². The maximum atomic E-state index is 12.0. The maximum absolute atomic E-state index is 12.0. The number of carboxylic acids is 1. The Kier molecular flexibility index (Phi) is 6.90. The van der Waals surface area contributed by atoms with Crippen LogP contribution in [0.1, 0.15) is 19.8 Å². The first-order valence-electron chi connectivity index (χ1n) is 6.90. The third-order valence-electron chi connectivity index (χ3n) is 3.15. The predicted octanol–water partition coefficient (Wildman–Crippen LogP) is -0.304. The minimum absolute atomic E-state index is 0.0254. The van der Waals surface area contributed by atoms with E-state index in [-0.39, 0.29) is 24.5 Å². The monoisotopic (exact) mass is 322 g/mol. The summed E-state index contributed by atoms with van der Waals surface area (Å²) in [6.45, 7) is 3.45. The molecule has 122 valence electrons. The molecule has 0 saturated carbocycles. The highest BCUT2D eigenvalue weighted by Gasteiger charge is 2.35. The SMILES string of the molecule is CCOCCCNC(=O)N1CCS(=O)(=O)CC1CC(=O)O.